The van der Waals surface area contributed by atoms with Gasteiger partial charge in [0.15, 0.2) is 5.01 Å². The van der Waals surface area contributed by atoms with E-state index in [2.05, 4.69) is 30.8 Å². The van der Waals surface area contributed by atoms with Crippen LogP contribution in [0, 0.1) is 6.92 Å². The number of amides is 2. The average Bonchev–Trinajstić information content (AvgIpc) is 3.23. The van der Waals surface area contributed by atoms with E-state index in [-0.39, 0.29) is 12.1 Å². The molecule has 3 aromatic rings. The first-order valence-corrected chi connectivity index (χ1v) is 10.9. The van der Waals surface area contributed by atoms with E-state index in [0.29, 0.717) is 37.3 Å². The van der Waals surface area contributed by atoms with Crippen LogP contribution in [0.15, 0.2) is 24.4 Å². The van der Waals surface area contributed by atoms with Gasteiger partial charge in [0.1, 0.15) is 29.9 Å². The fourth-order valence-electron chi connectivity index (χ4n) is 3.51. The predicted octanol–water partition coefficient (Wildman–Crippen LogP) is 3.35. The number of likely N-dealkylation sites (tertiary alicyclic amines) is 1. The van der Waals surface area contributed by atoms with Crippen molar-refractivity contribution in [2.24, 2.45) is 0 Å². The number of carbonyl (C=O) groups is 1. The van der Waals surface area contributed by atoms with Gasteiger partial charge in [-0.3, -0.25) is 5.32 Å². The molecule has 2 amide bonds. The minimum absolute atomic E-state index is 0.00551. The second kappa shape index (κ2) is 9.56. The fraction of sp³-hybridized carbons (Fsp3) is 0.450. The number of aryl methyl sites for hydroxylation is 1. The van der Waals surface area contributed by atoms with Crippen LogP contribution in [0.1, 0.15) is 17.8 Å². The van der Waals surface area contributed by atoms with Gasteiger partial charge in [0.2, 0.25) is 0 Å². The minimum Gasteiger partial charge on any atom is -0.324 e. The Morgan fingerprint density at radius 3 is 2.71 bits per heavy atom. The van der Waals surface area contributed by atoms with Gasteiger partial charge >= 0.3 is 6.03 Å². The molecule has 1 aliphatic rings. The van der Waals surface area contributed by atoms with Gasteiger partial charge in [-0.15, -0.1) is 10.2 Å². The Labute approximate surface area is 182 Å². The molecule has 1 saturated heterocycles. The Morgan fingerprint density at radius 2 is 2.03 bits per heavy atom. The first-order chi connectivity index (χ1) is 15.1. The van der Waals surface area contributed by atoms with Crippen LogP contribution in [0.4, 0.5) is 19.4 Å². The number of hydrogen-bond donors (Lipinski definition) is 2. The van der Waals surface area contributed by atoms with Crippen LogP contribution in [0.2, 0.25) is 0 Å². The van der Waals surface area contributed by atoms with Crippen LogP contribution in [0.3, 0.4) is 0 Å². The highest BCUT2D eigenvalue weighted by molar-refractivity contribution is 7.14. The SMILES string of the molecule is Cc1nnc(-c2ccc3cnc(NC(=O)N4CCC(NC(CF)CF)CC4)cc3n2)s1. The highest BCUT2D eigenvalue weighted by Gasteiger charge is 2.25. The second-order valence-electron chi connectivity index (χ2n) is 7.45. The molecular formula is C20H23F2N7OS. The molecule has 0 bridgehead atoms. The molecule has 31 heavy (non-hydrogen) atoms. The van der Waals surface area contributed by atoms with Crippen LogP contribution in [-0.4, -0.2) is 69.6 Å². The van der Waals surface area contributed by atoms with Crippen molar-refractivity contribution in [1.82, 2.24) is 30.4 Å². The van der Waals surface area contributed by atoms with E-state index in [9.17, 15) is 13.6 Å². The van der Waals surface area contributed by atoms with Crippen molar-refractivity contribution in [3.05, 3.63) is 29.4 Å². The third-order valence-electron chi connectivity index (χ3n) is 5.18. The number of nitrogens with one attached hydrogen (secondary N) is 2. The molecule has 4 rings (SSSR count). The summed E-state index contributed by atoms with van der Waals surface area (Å²) in [5.74, 6) is 0.408. The molecule has 0 radical (unpaired) electrons. The molecule has 0 saturated carbocycles. The smallest absolute Gasteiger partial charge is 0.323 e. The zero-order chi connectivity index (χ0) is 21.8. The molecule has 2 N–H and O–H groups in total. The first kappa shape index (κ1) is 21.4. The van der Waals surface area contributed by atoms with Gasteiger partial charge in [-0.05, 0) is 31.9 Å². The number of fused-ring (bicyclic) bond motifs is 1. The van der Waals surface area contributed by atoms with Crippen LogP contribution < -0.4 is 10.6 Å². The van der Waals surface area contributed by atoms with Gasteiger partial charge in [0.25, 0.3) is 0 Å². The normalized spacial score (nSPS) is 15.0. The summed E-state index contributed by atoms with van der Waals surface area (Å²) < 4.78 is 25.4. The first-order valence-electron chi connectivity index (χ1n) is 10.1. The lowest BCUT2D eigenvalue weighted by Crippen LogP contribution is -2.49. The average molecular weight is 448 g/mol. The maximum Gasteiger partial charge on any atom is 0.323 e. The zero-order valence-corrected chi connectivity index (χ0v) is 17.8. The number of carbonyl (C=O) groups excluding carboxylic acids is 1. The van der Waals surface area contributed by atoms with E-state index in [1.165, 1.54) is 11.3 Å². The summed E-state index contributed by atoms with van der Waals surface area (Å²) in [7, 11) is 0. The molecule has 0 aliphatic carbocycles. The zero-order valence-electron chi connectivity index (χ0n) is 17.0. The van der Waals surface area contributed by atoms with Gasteiger partial charge in [-0.25, -0.2) is 23.5 Å². The Balaban J connectivity index is 1.39. The Hall–Kier alpha value is -2.79. The predicted molar refractivity (Wildman–Crippen MR) is 116 cm³/mol. The summed E-state index contributed by atoms with van der Waals surface area (Å²) in [6.07, 6.45) is 2.94. The summed E-state index contributed by atoms with van der Waals surface area (Å²) in [6.45, 7) is 1.42. The highest BCUT2D eigenvalue weighted by atomic mass is 32.1. The van der Waals surface area contributed by atoms with Gasteiger partial charge in [0.05, 0.1) is 11.6 Å². The summed E-state index contributed by atoms with van der Waals surface area (Å²) in [5, 5.41) is 16.4. The van der Waals surface area contributed by atoms with E-state index in [4.69, 9.17) is 0 Å². The van der Waals surface area contributed by atoms with Crippen molar-refractivity contribution in [3.63, 3.8) is 0 Å². The number of pyridine rings is 2. The van der Waals surface area contributed by atoms with Gasteiger partial charge in [0, 0.05) is 36.8 Å². The highest BCUT2D eigenvalue weighted by Crippen LogP contribution is 2.24. The molecule has 0 aromatic carbocycles. The number of halogens is 2. The number of hydrogen-bond acceptors (Lipinski definition) is 7. The van der Waals surface area contributed by atoms with E-state index in [1.54, 1.807) is 17.2 Å². The van der Waals surface area contributed by atoms with Crippen LogP contribution >= 0.6 is 11.3 Å². The van der Waals surface area contributed by atoms with E-state index < -0.39 is 19.4 Å². The van der Waals surface area contributed by atoms with Crippen molar-refractivity contribution in [2.45, 2.75) is 31.8 Å². The number of alkyl halides is 2. The van der Waals surface area contributed by atoms with Crippen molar-refractivity contribution >= 4 is 34.1 Å². The van der Waals surface area contributed by atoms with E-state index >= 15 is 0 Å². The monoisotopic (exact) mass is 447 g/mol. The maximum absolute atomic E-state index is 12.7. The van der Waals surface area contributed by atoms with Crippen LogP contribution in [0.5, 0.6) is 0 Å². The topological polar surface area (TPSA) is 95.9 Å². The quantitative estimate of drug-likeness (QED) is 0.602. The number of nitrogens with zero attached hydrogens (tertiary/aromatic N) is 5. The van der Waals surface area contributed by atoms with E-state index in [1.807, 2.05) is 19.1 Å². The maximum atomic E-state index is 12.7. The van der Waals surface area contributed by atoms with Gasteiger partial charge < -0.3 is 10.2 Å². The molecule has 4 heterocycles. The fourth-order valence-corrected chi connectivity index (χ4v) is 4.17. The molecular weight excluding hydrogens is 424 g/mol. The molecule has 11 heteroatoms. The number of urea groups is 1. The standard InChI is InChI=1S/C20H23F2N7OS/c1-12-27-28-19(31-12)16-3-2-13-11-23-18(8-17(13)25-16)26-20(30)29-6-4-14(5-7-29)24-15(9-21)10-22/h2-3,8,11,14-15,24H,4-7,9-10H2,1H3,(H,23,26,30). The van der Waals surface area contributed by atoms with Gasteiger partial charge in [-0.1, -0.05) is 11.3 Å². The van der Waals surface area contributed by atoms with Gasteiger partial charge in [-0.2, -0.15) is 0 Å². The summed E-state index contributed by atoms with van der Waals surface area (Å²) in [5.41, 5.74) is 1.41. The van der Waals surface area contributed by atoms with Crippen LogP contribution in [-0.2, 0) is 0 Å². The lowest BCUT2D eigenvalue weighted by atomic mass is 10.0. The van der Waals surface area contributed by atoms with Crippen molar-refractivity contribution < 1.29 is 13.6 Å². The number of rotatable bonds is 6. The number of piperidine rings is 1. The summed E-state index contributed by atoms with van der Waals surface area (Å²) in [6, 6.07) is 4.49. The van der Waals surface area contributed by atoms with Crippen molar-refractivity contribution in [1.29, 1.82) is 0 Å². The Kier molecular flexibility index (Phi) is 6.62. The number of anilines is 1. The van der Waals surface area contributed by atoms with Crippen LogP contribution in [0.25, 0.3) is 21.6 Å². The minimum atomic E-state index is -0.770. The Bertz CT molecular complexity index is 1050. The molecule has 0 unspecified atom stereocenters. The molecule has 164 valence electrons. The molecule has 0 spiro atoms. The molecule has 1 fully saturated rings. The Morgan fingerprint density at radius 1 is 1.26 bits per heavy atom. The summed E-state index contributed by atoms with van der Waals surface area (Å²) >= 11 is 1.47. The molecule has 3 aromatic heterocycles. The molecule has 8 nitrogen and oxygen atoms in total. The largest absolute Gasteiger partial charge is 0.324 e. The lowest BCUT2D eigenvalue weighted by molar-refractivity contribution is 0.179. The van der Waals surface area contributed by atoms with E-state index in [0.717, 1.165) is 21.1 Å². The van der Waals surface area contributed by atoms with Crippen molar-refractivity contribution in [2.75, 3.05) is 31.8 Å². The molecule has 1 aliphatic heterocycles. The second-order valence-corrected chi connectivity index (χ2v) is 8.63. The third-order valence-corrected chi connectivity index (χ3v) is 6.04. The molecule has 0 atom stereocenters. The lowest BCUT2D eigenvalue weighted by Gasteiger charge is -2.33. The number of aromatic nitrogens is 4. The summed E-state index contributed by atoms with van der Waals surface area (Å²) in [4.78, 5) is 23.2. The van der Waals surface area contributed by atoms with Crippen molar-refractivity contribution in [3.8, 4) is 10.7 Å². The third kappa shape index (κ3) is 5.10.